The third kappa shape index (κ3) is 9.00. The summed E-state index contributed by atoms with van der Waals surface area (Å²) in [6, 6.07) is 16.4. The van der Waals surface area contributed by atoms with Crippen LogP contribution in [0.1, 0.15) is 11.1 Å². The van der Waals surface area contributed by atoms with Crippen molar-refractivity contribution in [2.75, 3.05) is 57.4 Å². The Kier molecular flexibility index (Phi) is 10.5. The summed E-state index contributed by atoms with van der Waals surface area (Å²) in [4.78, 5) is 0. The van der Waals surface area contributed by atoms with Gasteiger partial charge in [-0.05, 0) is 41.6 Å². The van der Waals surface area contributed by atoms with Crippen molar-refractivity contribution in [3.8, 4) is 5.75 Å². The first-order chi connectivity index (χ1) is 13.3. The molecule has 1 N–H and O–H groups in total. The fraction of sp³-hybridized carbons (Fsp3) is 0.364. The van der Waals surface area contributed by atoms with E-state index in [2.05, 4.69) is 48.0 Å². The molecule has 0 unspecified atom stereocenters. The van der Waals surface area contributed by atoms with Crippen molar-refractivity contribution in [3.63, 3.8) is 0 Å². The quantitative estimate of drug-likeness (QED) is 0.399. The summed E-state index contributed by atoms with van der Waals surface area (Å²) in [5.74, 6) is 1.88. The molecule has 0 aliphatic carbocycles. The molecule has 0 fully saturated rings. The lowest BCUT2D eigenvalue weighted by atomic mass is 10.1. The van der Waals surface area contributed by atoms with Gasteiger partial charge in [0.25, 0.3) is 0 Å². The topological polar surface area (TPSA) is 39.7 Å². The molecular formula is C22H29NO3S. The predicted molar refractivity (Wildman–Crippen MR) is 117 cm³/mol. The summed E-state index contributed by atoms with van der Waals surface area (Å²) >= 11 is 1.78. The highest BCUT2D eigenvalue weighted by molar-refractivity contribution is 7.98. The van der Waals surface area contributed by atoms with Gasteiger partial charge in [0.2, 0.25) is 0 Å². The largest absolute Gasteiger partial charge is 0.491 e. The lowest BCUT2D eigenvalue weighted by Crippen LogP contribution is -2.11. The number of anilines is 1. The molecule has 0 saturated carbocycles. The predicted octanol–water partition coefficient (Wildman–Crippen LogP) is 4.67. The van der Waals surface area contributed by atoms with Gasteiger partial charge in [0.1, 0.15) is 12.4 Å². The highest BCUT2D eigenvalue weighted by Gasteiger charge is 1.96. The molecule has 0 atom stereocenters. The molecule has 0 radical (unpaired) electrons. The van der Waals surface area contributed by atoms with Gasteiger partial charge in [-0.15, -0.1) is 0 Å². The molecule has 0 spiro atoms. The van der Waals surface area contributed by atoms with Crippen molar-refractivity contribution >= 4 is 29.6 Å². The minimum atomic E-state index is 0.539. The lowest BCUT2D eigenvalue weighted by Gasteiger charge is -2.08. The van der Waals surface area contributed by atoms with E-state index in [-0.39, 0.29) is 0 Å². The van der Waals surface area contributed by atoms with E-state index < -0.39 is 0 Å². The van der Waals surface area contributed by atoms with Gasteiger partial charge < -0.3 is 19.5 Å². The van der Waals surface area contributed by atoms with Gasteiger partial charge in [-0.1, -0.05) is 36.4 Å². The van der Waals surface area contributed by atoms with E-state index >= 15 is 0 Å². The van der Waals surface area contributed by atoms with Crippen LogP contribution in [0.15, 0.2) is 48.5 Å². The minimum absolute atomic E-state index is 0.539. The van der Waals surface area contributed by atoms with Gasteiger partial charge in [-0.2, -0.15) is 11.8 Å². The third-order valence-corrected chi connectivity index (χ3v) is 4.42. The van der Waals surface area contributed by atoms with Crippen LogP contribution in [0, 0.1) is 0 Å². The summed E-state index contributed by atoms with van der Waals surface area (Å²) in [5, 5.41) is 3.12. The minimum Gasteiger partial charge on any atom is -0.491 e. The summed E-state index contributed by atoms with van der Waals surface area (Å²) in [5.41, 5.74) is 3.42. The zero-order chi connectivity index (χ0) is 19.2. The van der Waals surface area contributed by atoms with Crippen LogP contribution in [0.5, 0.6) is 5.75 Å². The molecule has 2 rings (SSSR count). The molecule has 4 nitrogen and oxygen atoms in total. The van der Waals surface area contributed by atoms with E-state index in [0.717, 1.165) is 29.4 Å². The molecule has 2 aromatic rings. The second-order valence-corrected chi connectivity index (χ2v) is 6.83. The number of benzene rings is 2. The van der Waals surface area contributed by atoms with Crippen LogP contribution in [-0.4, -0.2) is 52.1 Å². The van der Waals surface area contributed by atoms with Crippen molar-refractivity contribution in [3.05, 3.63) is 59.7 Å². The molecule has 0 aromatic heterocycles. The SMILES string of the molecule is CNc1ccc(/C=C/c2ccc(OCCOCCOCCSC)cc2)cc1. The second-order valence-electron chi connectivity index (χ2n) is 5.84. The van der Waals surface area contributed by atoms with Gasteiger partial charge in [0.15, 0.2) is 0 Å². The average Bonchev–Trinajstić information content (AvgIpc) is 2.72. The Morgan fingerprint density at radius 2 is 1.33 bits per heavy atom. The van der Waals surface area contributed by atoms with E-state index in [1.165, 1.54) is 5.56 Å². The van der Waals surface area contributed by atoms with Gasteiger partial charge >= 0.3 is 0 Å². The van der Waals surface area contributed by atoms with Crippen LogP contribution in [0.2, 0.25) is 0 Å². The van der Waals surface area contributed by atoms with E-state index in [1.54, 1.807) is 11.8 Å². The molecule has 0 saturated heterocycles. The van der Waals surface area contributed by atoms with Gasteiger partial charge in [0, 0.05) is 18.5 Å². The fourth-order valence-corrected chi connectivity index (χ4v) is 2.60. The van der Waals surface area contributed by atoms with Gasteiger partial charge in [0.05, 0.1) is 26.4 Å². The maximum atomic E-state index is 5.69. The summed E-state index contributed by atoms with van der Waals surface area (Å²) in [6.07, 6.45) is 6.27. The number of rotatable bonds is 13. The van der Waals surface area contributed by atoms with Gasteiger partial charge in [-0.3, -0.25) is 0 Å². The number of nitrogens with one attached hydrogen (secondary N) is 1. The number of ether oxygens (including phenoxy) is 3. The van der Waals surface area contributed by atoms with Crippen LogP contribution in [0.3, 0.4) is 0 Å². The van der Waals surface area contributed by atoms with E-state index in [0.29, 0.717) is 26.4 Å². The molecule has 0 bridgehead atoms. The highest BCUT2D eigenvalue weighted by atomic mass is 32.2. The Hall–Kier alpha value is -1.95. The molecule has 0 amide bonds. The standard InChI is InChI=1S/C22H29NO3S/c1-23-21-9-5-19(6-10-21)3-4-20-7-11-22(12-8-20)26-16-15-24-13-14-25-17-18-27-2/h3-12,23H,13-18H2,1-2H3/b4-3+. The van der Waals surface area contributed by atoms with E-state index in [9.17, 15) is 0 Å². The summed E-state index contributed by atoms with van der Waals surface area (Å²) < 4.78 is 16.6. The Bertz CT molecular complexity index is 656. The molecule has 2 aromatic carbocycles. The first kappa shape index (κ1) is 21.4. The maximum absolute atomic E-state index is 5.69. The van der Waals surface area contributed by atoms with Crippen LogP contribution >= 0.6 is 11.8 Å². The van der Waals surface area contributed by atoms with Crippen LogP contribution < -0.4 is 10.1 Å². The Balaban J connectivity index is 1.63. The number of hydrogen-bond acceptors (Lipinski definition) is 5. The van der Waals surface area contributed by atoms with Crippen molar-refractivity contribution in [2.24, 2.45) is 0 Å². The molecule has 0 heterocycles. The lowest BCUT2D eigenvalue weighted by molar-refractivity contribution is 0.0413. The first-order valence-electron chi connectivity index (χ1n) is 9.15. The van der Waals surface area contributed by atoms with Crippen molar-refractivity contribution < 1.29 is 14.2 Å². The normalized spacial score (nSPS) is 11.0. The fourth-order valence-electron chi connectivity index (χ4n) is 2.31. The zero-order valence-electron chi connectivity index (χ0n) is 16.1. The number of thioether (sulfide) groups is 1. The molecule has 5 heteroatoms. The monoisotopic (exact) mass is 387 g/mol. The molecular weight excluding hydrogens is 358 g/mol. The Labute approximate surface area is 166 Å². The summed E-state index contributed by atoms with van der Waals surface area (Å²) in [7, 11) is 1.92. The Morgan fingerprint density at radius 3 is 1.93 bits per heavy atom. The van der Waals surface area contributed by atoms with Crippen LogP contribution in [-0.2, 0) is 9.47 Å². The average molecular weight is 388 g/mol. The van der Waals surface area contributed by atoms with E-state index in [1.807, 2.05) is 31.3 Å². The molecule has 27 heavy (non-hydrogen) atoms. The Morgan fingerprint density at radius 1 is 0.778 bits per heavy atom. The molecule has 0 aliphatic rings. The smallest absolute Gasteiger partial charge is 0.119 e. The van der Waals surface area contributed by atoms with E-state index in [4.69, 9.17) is 14.2 Å². The second kappa shape index (κ2) is 13.3. The van der Waals surface area contributed by atoms with Crippen LogP contribution in [0.25, 0.3) is 12.2 Å². The van der Waals surface area contributed by atoms with Crippen LogP contribution in [0.4, 0.5) is 5.69 Å². The molecule has 0 aliphatic heterocycles. The van der Waals surface area contributed by atoms with Crippen molar-refractivity contribution in [1.29, 1.82) is 0 Å². The van der Waals surface area contributed by atoms with Crippen molar-refractivity contribution in [2.45, 2.75) is 0 Å². The maximum Gasteiger partial charge on any atom is 0.119 e. The third-order valence-electron chi connectivity index (χ3n) is 3.85. The van der Waals surface area contributed by atoms with Crippen molar-refractivity contribution in [1.82, 2.24) is 0 Å². The summed E-state index contributed by atoms with van der Waals surface area (Å²) in [6.45, 7) is 3.13. The van der Waals surface area contributed by atoms with Gasteiger partial charge in [-0.25, -0.2) is 0 Å². The highest BCUT2D eigenvalue weighted by Crippen LogP contribution is 2.15. The zero-order valence-corrected chi connectivity index (χ0v) is 17.0. The number of hydrogen-bond donors (Lipinski definition) is 1. The first-order valence-corrected chi connectivity index (χ1v) is 10.5. The molecule has 146 valence electrons.